The van der Waals surface area contributed by atoms with Crippen molar-refractivity contribution in [1.29, 1.82) is 0 Å². The average Bonchev–Trinajstić information content (AvgIpc) is 1.87. The lowest BCUT2D eigenvalue weighted by atomic mass is 10.1. The van der Waals surface area contributed by atoms with E-state index < -0.39 is 17.5 Å². The van der Waals surface area contributed by atoms with Gasteiger partial charge in [-0.25, -0.2) is 4.79 Å². The van der Waals surface area contributed by atoms with E-state index >= 15 is 0 Å². The summed E-state index contributed by atoms with van der Waals surface area (Å²) >= 11 is 0. The van der Waals surface area contributed by atoms with Gasteiger partial charge in [0.15, 0.2) is 0 Å². The summed E-state index contributed by atoms with van der Waals surface area (Å²) < 4.78 is 4.68. The number of primary amides is 1. The lowest BCUT2D eigenvalue weighted by Crippen LogP contribution is -2.50. The summed E-state index contributed by atoms with van der Waals surface area (Å²) in [5, 5.41) is 8.51. The second kappa shape index (κ2) is 3.34. The third-order valence-corrected chi connectivity index (χ3v) is 1.31. The van der Waals surface area contributed by atoms with Crippen LogP contribution in [-0.4, -0.2) is 29.2 Å². The molecular formula is C6H11NO4. The van der Waals surface area contributed by atoms with Crippen molar-refractivity contribution < 1.29 is 19.4 Å². The van der Waals surface area contributed by atoms with Gasteiger partial charge in [-0.2, -0.15) is 0 Å². The molecule has 0 aromatic rings. The molecule has 0 aliphatic heterocycles. The first-order valence-electron chi connectivity index (χ1n) is 3.12. The Morgan fingerprint density at radius 2 is 2.09 bits per heavy atom. The third kappa shape index (κ3) is 1.91. The van der Waals surface area contributed by atoms with E-state index in [1.54, 1.807) is 6.92 Å². The minimum Gasteiger partial charge on any atom is -0.479 e. The molecule has 0 fully saturated rings. The van der Waals surface area contributed by atoms with E-state index in [-0.39, 0.29) is 6.61 Å². The third-order valence-electron chi connectivity index (χ3n) is 1.31. The second-order valence-corrected chi connectivity index (χ2v) is 2.14. The Kier molecular flexibility index (Phi) is 3.00. The number of carboxylic acids is 1. The fraction of sp³-hybridized carbons (Fsp3) is 0.667. The topological polar surface area (TPSA) is 89.6 Å². The van der Waals surface area contributed by atoms with Crippen LogP contribution in [0, 0.1) is 0 Å². The number of hydrogen-bond acceptors (Lipinski definition) is 3. The van der Waals surface area contributed by atoms with Crippen molar-refractivity contribution in [3.05, 3.63) is 0 Å². The maximum absolute atomic E-state index is 10.6. The van der Waals surface area contributed by atoms with E-state index in [1.165, 1.54) is 0 Å². The van der Waals surface area contributed by atoms with E-state index in [1.807, 2.05) is 0 Å². The Bertz CT molecular complexity index is 163. The predicted octanol–water partition coefficient (Wildman–Crippen LogP) is -0.648. The predicted molar refractivity (Wildman–Crippen MR) is 36.9 cm³/mol. The molecule has 0 saturated carbocycles. The highest BCUT2D eigenvalue weighted by Crippen LogP contribution is 2.08. The highest BCUT2D eigenvalue weighted by molar-refractivity contribution is 6.04. The number of carbonyl (C=O) groups excluding carboxylic acids is 1. The van der Waals surface area contributed by atoms with Crippen molar-refractivity contribution >= 4 is 11.9 Å². The van der Waals surface area contributed by atoms with Crippen LogP contribution in [0.5, 0.6) is 0 Å². The van der Waals surface area contributed by atoms with Crippen LogP contribution < -0.4 is 5.73 Å². The molecule has 0 radical (unpaired) electrons. The van der Waals surface area contributed by atoms with Crippen LogP contribution in [-0.2, 0) is 14.3 Å². The quantitative estimate of drug-likeness (QED) is 0.536. The Hall–Kier alpha value is -1.10. The van der Waals surface area contributed by atoms with E-state index in [4.69, 9.17) is 10.8 Å². The van der Waals surface area contributed by atoms with Gasteiger partial charge in [0.2, 0.25) is 5.60 Å². The summed E-state index contributed by atoms with van der Waals surface area (Å²) in [5.41, 5.74) is 2.92. The van der Waals surface area contributed by atoms with Crippen molar-refractivity contribution in [2.45, 2.75) is 19.4 Å². The maximum Gasteiger partial charge on any atom is 0.345 e. The number of aliphatic carboxylic acids is 1. The average molecular weight is 161 g/mol. The summed E-state index contributed by atoms with van der Waals surface area (Å²) in [5.74, 6) is -2.36. The number of amides is 1. The maximum atomic E-state index is 10.6. The lowest BCUT2D eigenvalue weighted by molar-refractivity contribution is -0.169. The summed E-state index contributed by atoms with van der Waals surface area (Å²) in [6, 6.07) is 0. The van der Waals surface area contributed by atoms with Crippen molar-refractivity contribution in [3.63, 3.8) is 0 Å². The summed E-state index contributed by atoms with van der Waals surface area (Å²) in [6.45, 7) is 2.84. The first-order valence-corrected chi connectivity index (χ1v) is 3.12. The molecule has 0 aliphatic rings. The summed E-state index contributed by atoms with van der Waals surface area (Å²) in [7, 11) is 0. The van der Waals surface area contributed by atoms with Crippen LogP contribution in [0.25, 0.3) is 0 Å². The summed E-state index contributed by atoms with van der Waals surface area (Å²) in [6.07, 6.45) is 0. The molecule has 0 spiro atoms. The van der Waals surface area contributed by atoms with Gasteiger partial charge in [-0.15, -0.1) is 0 Å². The molecule has 0 aromatic carbocycles. The minimum atomic E-state index is -1.89. The van der Waals surface area contributed by atoms with Crippen molar-refractivity contribution in [2.24, 2.45) is 5.73 Å². The fourth-order valence-electron chi connectivity index (χ4n) is 0.527. The standard InChI is InChI=1S/C6H11NO4/c1-3-11-6(2,4(7)8)5(9)10/h3H2,1-2H3,(H2,7,8)(H,9,10). The highest BCUT2D eigenvalue weighted by Gasteiger charge is 2.40. The van der Waals surface area contributed by atoms with Crippen molar-refractivity contribution in [1.82, 2.24) is 0 Å². The highest BCUT2D eigenvalue weighted by atomic mass is 16.5. The van der Waals surface area contributed by atoms with Crippen molar-refractivity contribution in [2.75, 3.05) is 6.61 Å². The van der Waals surface area contributed by atoms with Gasteiger partial charge in [-0.1, -0.05) is 0 Å². The first kappa shape index (κ1) is 9.90. The zero-order valence-electron chi connectivity index (χ0n) is 6.46. The Labute approximate surface area is 64.1 Å². The zero-order chi connectivity index (χ0) is 9.07. The van der Waals surface area contributed by atoms with Gasteiger partial charge in [-0.05, 0) is 13.8 Å². The van der Waals surface area contributed by atoms with Gasteiger partial charge >= 0.3 is 5.97 Å². The van der Waals surface area contributed by atoms with Gasteiger partial charge in [0.05, 0.1) is 0 Å². The molecule has 1 atom stereocenters. The SMILES string of the molecule is CCOC(C)(C(N)=O)C(=O)O. The normalized spacial score (nSPS) is 15.5. The molecule has 64 valence electrons. The van der Waals surface area contributed by atoms with Crippen LogP contribution in [0.4, 0.5) is 0 Å². The van der Waals surface area contributed by atoms with Crippen LogP contribution >= 0.6 is 0 Å². The van der Waals surface area contributed by atoms with Crippen molar-refractivity contribution in [3.8, 4) is 0 Å². The summed E-state index contributed by atoms with van der Waals surface area (Å²) in [4.78, 5) is 21.0. The molecule has 0 bridgehead atoms. The Morgan fingerprint density at radius 3 is 2.18 bits per heavy atom. The largest absolute Gasteiger partial charge is 0.479 e. The Morgan fingerprint density at radius 1 is 1.64 bits per heavy atom. The first-order chi connectivity index (χ1) is 4.95. The molecule has 5 heteroatoms. The van der Waals surface area contributed by atoms with Gasteiger partial charge in [0, 0.05) is 6.61 Å². The van der Waals surface area contributed by atoms with E-state index in [9.17, 15) is 9.59 Å². The van der Waals surface area contributed by atoms with Gasteiger partial charge in [0.25, 0.3) is 5.91 Å². The van der Waals surface area contributed by atoms with E-state index in [2.05, 4.69) is 4.74 Å². The zero-order valence-corrected chi connectivity index (χ0v) is 6.46. The molecule has 1 amide bonds. The van der Waals surface area contributed by atoms with E-state index in [0.717, 1.165) is 6.92 Å². The molecule has 5 nitrogen and oxygen atoms in total. The second-order valence-electron chi connectivity index (χ2n) is 2.14. The molecule has 0 aliphatic carbocycles. The lowest BCUT2D eigenvalue weighted by Gasteiger charge is -2.19. The molecule has 11 heavy (non-hydrogen) atoms. The number of carboxylic acid groups (broad SMARTS) is 1. The molecule has 0 aromatic heterocycles. The smallest absolute Gasteiger partial charge is 0.345 e. The number of hydrogen-bond donors (Lipinski definition) is 2. The Balaban J connectivity index is 4.52. The number of nitrogens with two attached hydrogens (primary N) is 1. The number of rotatable bonds is 4. The van der Waals surface area contributed by atoms with Crippen LogP contribution in [0.2, 0.25) is 0 Å². The number of carbonyl (C=O) groups is 2. The molecule has 1 unspecified atom stereocenters. The van der Waals surface area contributed by atoms with Gasteiger partial charge in [-0.3, -0.25) is 4.79 Å². The number of ether oxygens (including phenoxy) is 1. The van der Waals surface area contributed by atoms with E-state index in [0.29, 0.717) is 0 Å². The fourth-order valence-corrected chi connectivity index (χ4v) is 0.527. The van der Waals surface area contributed by atoms with Crippen LogP contribution in [0.3, 0.4) is 0 Å². The molecule has 0 rings (SSSR count). The van der Waals surface area contributed by atoms with Crippen LogP contribution in [0.15, 0.2) is 0 Å². The molecule has 0 saturated heterocycles. The molecule has 3 N–H and O–H groups in total. The van der Waals surface area contributed by atoms with Gasteiger partial charge in [0.1, 0.15) is 0 Å². The minimum absolute atomic E-state index is 0.131. The molecule has 0 heterocycles. The van der Waals surface area contributed by atoms with Gasteiger partial charge < -0.3 is 15.6 Å². The van der Waals surface area contributed by atoms with Crippen LogP contribution in [0.1, 0.15) is 13.8 Å². The molecular weight excluding hydrogens is 150 g/mol. The monoisotopic (exact) mass is 161 g/mol.